The molecule has 0 saturated carbocycles. The van der Waals surface area contributed by atoms with Crippen LogP contribution < -0.4 is 5.32 Å². The van der Waals surface area contributed by atoms with Gasteiger partial charge >= 0.3 is 5.97 Å². The second kappa shape index (κ2) is 4.97. The van der Waals surface area contributed by atoms with Crippen molar-refractivity contribution in [2.75, 3.05) is 23.4 Å². The van der Waals surface area contributed by atoms with Crippen molar-refractivity contribution in [1.82, 2.24) is 0 Å². The molecule has 5 nitrogen and oxygen atoms in total. The van der Waals surface area contributed by atoms with Gasteiger partial charge in [0.2, 0.25) is 0 Å². The monoisotopic (exact) mass is 269 g/mol. The zero-order valence-corrected chi connectivity index (χ0v) is 10.6. The maximum Gasteiger partial charge on any atom is 0.335 e. The van der Waals surface area contributed by atoms with E-state index in [1.807, 2.05) is 0 Å². The third-order valence-corrected chi connectivity index (χ3v) is 4.87. The second-order valence-electron chi connectivity index (χ2n) is 4.54. The largest absolute Gasteiger partial charge is 0.478 e. The van der Waals surface area contributed by atoms with Crippen LogP contribution in [0.1, 0.15) is 16.8 Å². The van der Waals surface area contributed by atoms with Gasteiger partial charge in [-0.1, -0.05) is 6.07 Å². The topological polar surface area (TPSA) is 83.5 Å². The van der Waals surface area contributed by atoms with Gasteiger partial charge in [0.05, 0.1) is 17.1 Å². The fourth-order valence-corrected chi connectivity index (χ4v) is 3.92. The highest BCUT2D eigenvalue weighted by molar-refractivity contribution is 7.91. The fraction of sp³-hybridized carbons (Fsp3) is 0.417. The van der Waals surface area contributed by atoms with Crippen LogP contribution in [0, 0.1) is 5.92 Å². The number of rotatable bonds is 4. The molecular formula is C12H15NO4S. The van der Waals surface area contributed by atoms with Crippen molar-refractivity contribution in [3.05, 3.63) is 29.8 Å². The number of hydrogen-bond acceptors (Lipinski definition) is 4. The van der Waals surface area contributed by atoms with E-state index in [9.17, 15) is 13.2 Å². The Morgan fingerprint density at radius 1 is 1.44 bits per heavy atom. The summed E-state index contributed by atoms with van der Waals surface area (Å²) < 4.78 is 22.6. The lowest BCUT2D eigenvalue weighted by Crippen LogP contribution is -2.15. The van der Waals surface area contributed by atoms with Gasteiger partial charge in [-0.25, -0.2) is 13.2 Å². The molecule has 0 aromatic heterocycles. The predicted octanol–water partition coefficient (Wildman–Crippen LogP) is 1.23. The molecule has 0 spiro atoms. The third-order valence-electron chi connectivity index (χ3n) is 3.03. The molecule has 18 heavy (non-hydrogen) atoms. The summed E-state index contributed by atoms with van der Waals surface area (Å²) in [4.78, 5) is 10.8. The molecule has 2 rings (SSSR count). The van der Waals surface area contributed by atoms with Crippen molar-refractivity contribution >= 4 is 21.5 Å². The first kappa shape index (κ1) is 12.9. The molecule has 1 aliphatic rings. The molecule has 6 heteroatoms. The van der Waals surface area contributed by atoms with Crippen molar-refractivity contribution in [1.29, 1.82) is 0 Å². The van der Waals surface area contributed by atoms with Crippen LogP contribution >= 0.6 is 0 Å². The number of nitrogens with one attached hydrogen (secondary N) is 1. The number of aromatic carboxylic acids is 1. The zero-order chi connectivity index (χ0) is 13.2. The highest BCUT2D eigenvalue weighted by atomic mass is 32.2. The van der Waals surface area contributed by atoms with E-state index in [0.717, 1.165) is 0 Å². The molecule has 1 unspecified atom stereocenters. The number of sulfone groups is 1. The van der Waals surface area contributed by atoms with E-state index in [2.05, 4.69) is 5.32 Å². The zero-order valence-electron chi connectivity index (χ0n) is 9.80. The Hall–Kier alpha value is -1.56. The molecule has 0 bridgehead atoms. The molecule has 2 N–H and O–H groups in total. The van der Waals surface area contributed by atoms with E-state index in [-0.39, 0.29) is 23.0 Å². The maximum atomic E-state index is 11.3. The molecule has 1 heterocycles. The predicted molar refractivity (Wildman–Crippen MR) is 68.7 cm³/mol. The fourth-order valence-electron chi connectivity index (χ4n) is 2.06. The summed E-state index contributed by atoms with van der Waals surface area (Å²) in [7, 11) is -2.86. The van der Waals surface area contributed by atoms with E-state index >= 15 is 0 Å². The Kier molecular flexibility index (Phi) is 3.56. The van der Waals surface area contributed by atoms with Crippen LogP contribution in [0.4, 0.5) is 5.69 Å². The van der Waals surface area contributed by atoms with Crippen LogP contribution in [0.2, 0.25) is 0 Å². The number of hydrogen-bond donors (Lipinski definition) is 2. The van der Waals surface area contributed by atoms with Crippen LogP contribution in [0.5, 0.6) is 0 Å². The van der Waals surface area contributed by atoms with E-state index in [4.69, 9.17) is 5.11 Å². The Morgan fingerprint density at radius 3 is 2.83 bits per heavy atom. The normalized spacial score (nSPS) is 21.7. The summed E-state index contributed by atoms with van der Waals surface area (Å²) in [6, 6.07) is 6.51. The van der Waals surface area contributed by atoms with E-state index in [0.29, 0.717) is 18.7 Å². The van der Waals surface area contributed by atoms with Gasteiger partial charge in [-0.15, -0.1) is 0 Å². The summed E-state index contributed by atoms with van der Waals surface area (Å²) in [5.74, 6) is -0.377. The van der Waals surface area contributed by atoms with Gasteiger partial charge in [-0.05, 0) is 30.5 Å². The van der Waals surface area contributed by atoms with Gasteiger partial charge in [0.1, 0.15) is 0 Å². The average molecular weight is 269 g/mol. The molecule has 0 aliphatic carbocycles. The number of benzene rings is 1. The number of anilines is 1. The van der Waals surface area contributed by atoms with Crippen LogP contribution in [0.25, 0.3) is 0 Å². The molecule has 0 amide bonds. The molecule has 1 aliphatic heterocycles. The minimum atomic E-state index is -2.86. The first-order chi connectivity index (χ1) is 8.46. The molecule has 0 radical (unpaired) electrons. The van der Waals surface area contributed by atoms with E-state index < -0.39 is 15.8 Å². The van der Waals surface area contributed by atoms with Crippen LogP contribution in [-0.4, -0.2) is 37.5 Å². The molecule has 1 fully saturated rings. The van der Waals surface area contributed by atoms with E-state index in [1.165, 1.54) is 6.07 Å². The minimum absolute atomic E-state index is 0.114. The standard InChI is InChI=1S/C12H15NO4S/c14-12(15)10-2-1-3-11(6-10)13-7-9-4-5-18(16,17)8-9/h1-3,6,9,13H,4-5,7-8H2,(H,14,15). The van der Waals surface area contributed by atoms with Crippen LogP contribution in [-0.2, 0) is 9.84 Å². The van der Waals surface area contributed by atoms with Gasteiger partial charge in [0.25, 0.3) is 0 Å². The summed E-state index contributed by atoms with van der Waals surface area (Å²) in [5, 5.41) is 11.9. The lowest BCUT2D eigenvalue weighted by Gasteiger charge is -2.11. The third kappa shape index (κ3) is 3.22. The van der Waals surface area contributed by atoms with Crippen molar-refractivity contribution in [2.45, 2.75) is 6.42 Å². The average Bonchev–Trinajstić information content (AvgIpc) is 2.67. The first-order valence-corrected chi connectivity index (χ1v) is 7.56. The Bertz CT molecular complexity index is 553. The molecule has 1 aromatic carbocycles. The molecule has 98 valence electrons. The first-order valence-electron chi connectivity index (χ1n) is 5.74. The van der Waals surface area contributed by atoms with Crippen LogP contribution in [0.3, 0.4) is 0 Å². The van der Waals surface area contributed by atoms with Gasteiger partial charge in [-0.3, -0.25) is 0 Å². The van der Waals surface area contributed by atoms with Gasteiger partial charge in [0.15, 0.2) is 9.84 Å². The van der Waals surface area contributed by atoms with Gasteiger partial charge in [0, 0.05) is 12.2 Å². The molecular weight excluding hydrogens is 254 g/mol. The Balaban J connectivity index is 1.95. The highest BCUT2D eigenvalue weighted by Gasteiger charge is 2.27. The summed E-state index contributed by atoms with van der Waals surface area (Å²) in [5.41, 5.74) is 0.929. The summed E-state index contributed by atoms with van der Waals surface area (Å²) in [6.45, 7) is 0.558. The van der Waals surface area contributed by atoms with E-state index in [1.54, 1.807) is 18.2 Å². The van der Waals surface area contributed by atoms with Crippen molar-refractivity contribution in [3.8, 4) is 0 Å². The van der Waals surface area contributed by atoms with Gasteiger partial charge in [-0.2, -0.15) is 0 Å². The summed E-state index contributed by atoms with van der Waals surface area (Å²) >= 11 is 0. The lowest BCUT2D eigenvalue weighted by molar-refractivity contribution is 0.0697. The Labute approximate surface area is 106 Å². The second-order valence-corrected chi connectivity index (χ2v) is 6.76. The Morgan fingerprint density at radius 2 is 2.22 bits per heavy atom. The molecule has 1 saturated heterocycles. The number of carboxylic acids is 1. The quantitative estimate of drug-likeness (QED) is 0.859. The van der Waals surface area contributed by atoms with Crippen molar-refractivity contribution in [3.63, 3.8) is 0 Å². The molecule has 1 aromatic rings. The van der Waals surface area contributed by atoms with Crippen molar-refractivity contribution in [2.24, 2.45) is 5.92 Å². The minimum Gasteiger partial charge on any atom is -0.478 e. The van der Waals surface area contributed by atoms with Crippen LogP contribution in [0.15, 0.2) is 24.3 Å². The highest BCUT2D eigenvalue weighted by Crippen LogP contribution is 2.19. The summed E-state index contributed by atoms with van der Waals surface area (Å²) in [6.07, 6.45) is 0.675. The SMILES string of the molecule is O=C(O)c1cccc(NCC2CCS(=O)(=O)C2)c1. The van der Waals surface area contributed by atoms with Crippen molar-refractivity contribution < 1.29 is 18.3 Å². The smallest absolute Gasteiger partial charge is 0.335 e. The molecule has 1 atom stereocenters. The number of carboxylic acid groups (broad SMARTS) is 1. The maximum absolute atomic E-state index is 11.3. The number of carbonyl (C=O) groups is 1. The lowest BCUT2D eigenvalue weighted by atomic mass is 10.1. The van der Waals surface area contributed by atoms with Gasteiger partial charge < -0.3 is 10.4 Å².